The maximum absolute atomic E-state index is 13.6. The highest BCUT2D eigenvalue weighted by molar-refractivity contribution is 9.10. The zero-order valence-electron chi connectivity index (χ0n) is 21.1. The first-order chi connectivity index (χ1) is 16.5. The number of rotatable bonds is 9. The number of nitro benzene ring substituents is 1. The molecule has 2 amide bonds. The van der Waals surface area contributed by atoms with Crippen molar-refractivity contribution in [3.8, 4) is 0 Å². The Morgan fingerprint density at radius 3 is 2.22 bits per heavy atom. The second kappa shape index (κ2) is 11.4. The number of halogens is 1. The van der Waals surface area contributed by atoms with Crippen LogP contribution in [0.1, 0.15) is 38.8 Å². The zero-order valence-corrected chi connectivity index (χ0v) is 23.5. The number of nitrogens with zero attached hydrogens (tertiary/aromatic N) is 3. The third-order valence-electron chi connectivity index (χ3n) is 5.28. The van der Waals surface area contributed by atoms with Gasteiger partial charge in [-0.15, -0.1) is 0 Å². The Morgan fingerprint density at radius 1 is 1.14 bits per heavy atom. The van der Waals surface area contributed by atoms with Gasteiger partial charge in [0.1, 0.15) is 12.6 Å². The van der Waals surface area contributed by atoms with Gasteiger partial charge in [0.05, 0.1) is 16.9 Å². The largest absolute Gasteiger partial charge is 0.350 e. The lowest BCUT2D eigenvalue weighted by Gasteiger charge is -2.33. The summed E-state index contributed by atoms with van der Waals surface area (Å²) in [5, 5.41) is 14.1. The summed E-state index contributed by atoms with van der Waals surface area (Å²) in [6.07, 6.45) is 0.924. The zero-order chi connectivity index (χ0) is 27.4. The molecule has 2 aromatic carbocycles. The van der Waals surface area contributed by atoms with Crippen molar-refractivity contribution in [1.82, 2.24) is 10.2 Å². The van der Waals surface area contributed by atoms with Crippen LogP contribution in [0.4, 0.5) is 11.4 Å². The summed E-state index contributed by atoms with van der Waals surface area (Å²) in [6, 6.07) is 10.1. The molecule has 0 aliphatic carbocycles. The molecule has 2 aromatic rings. The highest BCUT2D eigenvalue weighted by Crippen LogP contribution is 2.28. The minimum absolute atomic E-state index is 0.0236. The average Bonchev–Trinajstić information content (AvgIpc) is 2.75. The van der Waals surface area contributed by atoms with Crippen molar-refractivity contribution in [2.45, 2.75) is 52.7 Å². The summed E-state index contributed by atoms with van der Waals surface area (Å²) in [5.41, 5.74) is 0.351. The van der Waals surface area contributed by atoms with Crippen LogP contribution >= 0.6 is 15.9 Å². The Balaban J connectivity index is 2.49. The molecule has 1 atom stereocenters. The lowest BCUT2D eigenvalue weighted by molar-refractivity contribution is -0.384. The average molecular weight is 584 g/mol. The van der Waals surface area contributed by atoms with E-state index >= 15 is 0 Å². The molecule has 0 aliphatic heterocycles. The van der Waals surface area contributed by atoms with Crippen LogP contribution in [-0.2, 0) is 26.2 Å². The maximum atomic E-state index is 13.6. The first-order valence-corrected chi connectivity index (χ1v) is 13.7. The molecule has 0 aliphatic rings. The molecule has 0 fully saturated rings. The number of non-ortho nitro benzene ring substituents is 1. The number of hydrogen-bond donors (Lipinski definition) is 1. The first kappa shape index (κ1) is 29.2. The van der Waals surface area contributed by atoms with Crippen molar-refractivity contribution in [1.29, 1.82) is 0 Å². The Morgan fingerprint density at radius 2 is 1.72 bits per heavy atom. The van der Waals surface area contributed by atoms with E-state index in [0.717, 1.165) is 26.7 Å². The van der Waals surface area contributed by atoms with E-state index in [1.165, 1.54) is 17.0 Å². The molecule has 0 aromatic heterocycles. The van der Waals surface area contributed by atoms with Crippen LogP contribution in [-0.4, -0.2) is 54.4 Å². The topological polar surface area (TPSA) is 130 Å². The predicted octanol–water partition coefficient (Wildman–Crippen LogP) is 3.76. The van der Waals surface area contributed by atoms with Crippen LogP contribution in [0.3, 0.4) is 0 Å². The monoisotopic (exact) mass is 582 g/mol. The van der Waals surface area contributed by atoms with Crippen molar-refractivity contribution in [2.75, 3.05) is 17.1 Å². The molecular formula is C24H31BrN4O6S. The fourth-order valence-corrected chi connectivity index (χ4v) is 4.58. The third-order valence-corrected chi connectivity index (χ3v) is 6.94. The minimum atomic E-state index is -4.01. The number of hydrogen-bond acceptors (Lipinski definition) is 6. The van der Waals surface area contributed by atoms with E-state index in [2.05, 4.69) is 21.2 Å². The van der Waals surface area contributed by atoms with Crippen LogP contribution in [0.5, 0.6) is 0 Å². The van der Waals surface area contributed by atoms with Gasteiger partial charge in [-0.25, -0.2) is 8.42 Å². The summed E-state index contributed by atoms with van der Waals surface area (Å²) in [4.78, 5) is 38.5. The quantitative estimate of drug-likeness (QED) is 0.354. The number of nitrogens with one attached hydrogen (secondary N) is 1. The maximum Gasteiger partial charge on any atom is 0.271 e. The van der Waals surface area contributed by atoms with Gasteiger partial charge in [0.15, 0.2) is 0 Å². The summed E-state index contributed by atoms with van der Waals surface area (Å²) >= 11 is 3.36. The predicted molar refractivity (Wildman–Crippen MR) is 142 cm³/mol. The lowest BCUT2D eigenvalue weighted by Crippen LogP contribution is -2.54. The molecule has 0 saturated carbocycles. The summed E-state index contributed by atoms with van der Waals surface area (Å²) in [6.45, 7) is 8.03. The van der Waals surface area contributed by atoms with Crippen molar-refractivity contribution >= 4 is 49.1 Å². The fourth-order valence-electron chi connectivity index (χ4n) is 3.42. The molecule has 36 heavy (non-hydrogen) atoms. The van der Waals surface area contributed by atoms with E-state index in [1.807, 2.05) is 20.8 Å². The van der Waals surface area contributed by atoms with E-state index in [1.54, 1.807) is 38.1 Å². The third kappa shape index (κ3) is 8.02. The number of benzene rings is 2. The van der Waals surface area contributed by atoms with Crippen LogP contribution in [0.2, 0.25) is 0 Å². The second-order valence-corrected chi connectivity index (χ2v) is 12.4. The second-order valence-electron chi connectivity index (χ2n) is 9.56. The van der Waals surface area contributed by atoms with Crippen LogP contribution in [0, 0.1) is 17.0 Å². The Kier molecular flexibility index (Phi) is 9.24. The number of nitro groups is 1. The van der Waals surface area contributed by atoms with E-state index in [9.17, 15) is 28.1 Å². The molecule has 0 saturated heterocycles. The van der Waals surface area contributed by atoms with E-state index in [-0.39, 0.29) is 17.9 Å². The van der Waals surface area contributed by atoms with Gasteiger partial charge in [0, 0.05) is 28.7 Å². The standard InChI is InChI=1S/C24H31BrN4O6S/c1-16-7-12-20(29(32)33)13-21(16)28(36(6,34)35)15-22(30)27(14-18-8-10-19(25)11-9-18)17(2)23(31)26-24(3,4)5/h7-13,17H,14-15H2,1-6H3,(H,26,31)/t17-/m1/s1. The highest BCUT2D eigenvalue weighted by atomic mass is 79.9. The lowest BCUT2D eigenvalue weighted by atomic mass is 10.1. The van der Waals surface area contributed by atoms with Gasteiger partial charge in [-0.2, -0.15) is 0 Å². The van der Waals surface area contributed by atoms with Crippen LogP contribution < -0.4 is 9.62 Å². The molecule has 0 spiro atoms. The van der Waals surface area contributed by atoms with Crippen LogP contribution in [0.25, 0.3) is 0 Å². The van der Waals surface area contributed by atoms with E-state index in [4.69, 9.17) is 0 Å². The van der Waals surface area contributed by atoms with Crippen molar-refractivity contribution in [3.05, 3.63) is 68.2 Å². The molecule has 0 bridgehead atoms. The van der Waals surface area contributed by atoms with Crippen LogP contribution in [0.15, 0.2) is 46.9 Å². The first-order valence-electron chi connectivity index (χ1n) is 11.1. The normalized spacial score (nSPS) is 12.5. The van der Waals surface area contributed by atoms with Gasteiger partial charge in [-0.05, 0) is 57.9 Å². The number of amides is 2. The fraction of sp³-hybridized carbons (Fsp3) is 0.417. The summed E-state index contributed by atoms with van der Waals surface area (Å²) in [7, 11) is -4.01. The number of aryl methyl sites for hydroxylation is 1. The van der Waals surface area contributed by atoms with Crippen molar-refractivity contribution in [2.24, 2.45) is 0 Å². The molecule has 12 heteroatoms. The van der Waals surface area contributed by atoms with Gasteiger partial charge < -0.3 is 10.2 Å². The van der Waals surface area contributed by atoms with Crippen molar-refractivity contribution < 1.29 is 22.9 Å². The summed E-state index contributed by atoms with van der Waals surface area (Å²) < 4.78 is 27.1. The minimum Gasteiger partial charge on any atom is -0.350 e. The van der Waals surface area contributed by atoms with Gasteiger partial charge in [-0.1, -0.05) is 34.1 Å². The Hall–Kier alpha value is -2.99. The van der Waals surface area contributed by atoms with Gasteiger partial charge >= 0.3 is 0 Å². The van der Waals surface area contributed by atoms with Crippen molar-refractivity contribution in [3.63, 3.8) is 0 Å². The highest BCUT2D eigenvalue weighted by Gasteiger charge is 2.32. The van der Waals surface area contributed by atoms with Gasteiger partial charge in [0.25, 0.3) is 5.69 Å². The molecule has 0 radical (unpaired) electrons. The molecule has 1 N–H and O–H groups in total. The number of anilines is 1. The SMILES string of the molecule is Cc1ccc([N+](=O)[O-])cc1N(CC(=O)N(Cc1ccc(Br)cc1)[C@H](C)C(=O)NC(C)(C)C)S(C)(=O)=O. The molecule has 0 heterocycles. The molecule has 0 unspecified atom stereocenters. The summed E-state index contributed by atoms with van der Waals surface area (Å²) in [5.74, 6) is -1.03. The number of sulfonamides is 1. The van der Waals surface area contributed by atoms with Gasteiger partial charge in [0.2, 0.25) is 21.8 Å². The van der Waals surface area contributed by atoms with Gasteiger partial charge in [-0.3, -0.25) is 24.0 Å². The molecular weight excluding hydrogens is 552 g/mol. The smallest absolute Gasteiger partial charge is 0.271 e. The molecule has 2 rings (SSSR count). The Labute approximate surface area is 220 Å². The van der Waals surface area contributed by atoms with E-state index in [0.29, 0.717) is 5.56 Å². The number of carbonyl (C=O) groups excluding carboxylic acids is 2. The molecule has 10 nitrogen and oxygen atoms in total. The number of carbonyl (C=O) groups is 2. The Bertz CT molecular complexity index is 1240. The van der Waals surface area contributed by atoms with E-state index < -0.39 is 44.9 Å². The molecule has 196 valence electrons.